The number of piperidine rings is 2. The lowest BCUT2D eigenvalue weighted by Crippen LogP contribution is -2.50. The van der Waals surface area contributed by atoms with Crippen LogP contribution < -0.4 is 5.32 Å². The van der Waals surface area contributed by atoms with E-state index < -0.39 is 0 Å². The minimum atomic E-state index is 0.854. The molecule has 3 saturated heterocycles. The molecule has 0 aromatic carbocycles. The van der Waals surface area contributed by atoms with Crippen LogP contribution in [-0.4, -0.2) is 36.1 Å². The van der Waals surface area contributed by atoms with Crippen LogP contribution in [0.5, 0.6) is 0 Å². The minimum absolute atomic E-state index is 0.854. The van der Waals surface area contributed by atoms with E-state index in [1.54, 1.807) is 0 Å². The van der Waals surface area contributed by atoms with Gasteiger partial charge in [0.2, 0.25) is 0 Å². The van der Waals surface area contributed by atoms with Gasteiger partial charge in [-0.15, -0.1) is 0 Å². The molecular weight excluding hydrogens is 196 g/mol. The fourth-order valence-electron chi connectivity index (χ4n) is 4.05. The first-order valence-corrected chi connectivity index (χ1v) is 7.35. The number of likely N-dealkylation sites (tertiary alicyclic amines) is 1. The van der Waals surface area contributed by atoms with Crippen molar-refractivity contribution < 1.29 is 0 Å². The maximum Gasteiger partial charge on any atom is 0.0125 e. The van der Waals surface area contributed by atoms with E-state index >= 15 is 0 Å². The molecular formula is C14H26N2. The summed E-state index contributed by atoms with van der Waals surface area (Å²) in [6.45, 7) is 5.11. The molecule has 2 nitrogen and oxygen atoms in total. The second-order valence-corrected chi connectivity index (χ2v) is 6.15. The summed E-state index contributed by atoms with van der Waals surface area (Å²) in [6.07, 6.45) is 10.0. The van der Waals surface area contributed by atoms with Gasteiger partial charge in [0.15, 0.2) is 0 Å². The van der Waals surface area contributed by atoms with Gasteiger partial charge in [0.25, 0.3) is 0 Å². The van der Waals surface area contributed by atoms with Crippen LogP contribution in [0, 0.1) is 5.92 Å². The number of fused-ring (bicyclic) bond motifs is 2. The van der Waals surface area contributed by atoms with Gasteiger partial charge in [-0.25, -0.2) is 0 Å². The van der Waals surface area contributed by atoms with Gasteiger partial charge in [-0.3, -0.25) is 0 Å². The predicted molar refractivity (Wildman–Crippen MR) is 67.6 cm³/mol. The third-order valence-electron chi connectivity index (χ3n) is 5.19. The molecule has 0 aliphatic carbocycles. The average molecular weight is 222 g/mol. The Kier molecular flexibility index (Phi) is 3.21. The molecule has 0 aromatic heterocycles. The molecule has 3 rings (SSSR count). The Morgan fingerprint density at radius 1 is 1.00 bits per heavy atom. The van der Waals surface area contributed by atoms with E-state index in [0.717, 1.165) is 24.0 Å². The summed E-state index contributed by atoms with van der Waals surface area (Å²) in [5, 5.41) is 3.75. The quantitative estimate of drug-likeness (QED) is 0.772. The first-order chi connectivity index (χ1) is 7.85. The van der Waals surface area contributed by atoms with E-state index in [9.17, 15) is 0 Å². The van der Waals surface area contributed by atoms with Crippen molar-refractivity contribution in [1.29, 1.82) is 0 Å². The SMILES string of the molecule is CCC1CCN(C2CC3CCC(C2)N3)CC1. The summed E-state index contributed by atoms with van der Waals surface area (Å²) in [7, 11) is 0. The van der Waals surface area contributed by atoms with Crippen LogP contribution in [0.25, 0.3) is 0 Å². The van der Waals surface area contributed by atoms with Crippen molar-refractivity contribution >= 4 is 0 Å². The van der Waals surface area contributed by atoms with Gasteiger partial charge in [-0.2, -0.15) is 0 Å². The topological polar surface area (TPSA) is 15.3 Å². The summed E-state index contributed by atoms with van der Waals surface area (Å²) in [5.74, 6) is 1.02. The van der Waals surface area contributed by atoms with Crippen molar-refractivity contribution in [2.75, 3.05) is 13.1 Å². The summed E-state index contributed by atoms with van der Waals surface area (Å²) < 4.78 is 0. The van der Waals surface area contributed by atoms with Gasteiger partial charge >= 0.3 is 0 Å². The van der Waals surface area contributed by atoms with Crippen LogP contribution >= 0.6 is 0 Å². The number of hydrogen-bond acceptors (Lipinski definition) is 2. The first kappa shape index (κ1) is 11.0. The third kappa shape index (κ3) is 2.14. The molecule has 1 N–H and O–H groups in total. The monoisotopic (exact) mass is 222 g/mol. The molecule has 3 aliphatic rings. The number of nitrogens with one attached hydrogen (secondary N) is 1. The fourth-order valence-corrected chi connectivity index (χ4v) is 4.05. The summed E-state index contributed by atoms with van der Waals surface area (Å²) in [4.78, 5) is 2.80. The zero-order valence-electron chi connectivity index (χ0n) is 10.6. The van der Waals surface area contributed by atoms with Crippen LogP contribution in [0.3, 0.4) is 0 Å². The number of nitrogens with zero attached hydrogens (tertiary/aromatic N) is 1. The molecule has 0 saturated carbocycles. The van der Waals surface area contributed by atoms with Crippen molar-refractivity contribution in [2.45, 2.75) is 70.0 Å². The van der Waals surface area contributed by atoms with Crippen LogP contribution in [0.4, 0.5) is 0 Å². The maximum absolute atomic E-state index is 3.75. The highest BCUT2D eigenvalue weighted by atomic mass is 15.2. The second kappa shape index (κ2) is 4.66. The standard InChI is InChI=1S/C14H26N2/c1-2-11-5-7-16(8-6-11)14-9-12-3-4-13(10-14)15-12/h11-15H,2-10H2,1H3. The smallest absolute Gasteiger partial charge is 0.0125 e. The molecule has 2 bridgehead atoms. The van der Waals surface area contributed by atoms with Crippen molar-refractivity contribution in [3.63, 3.8) is 0 Å². The minimum Gasteiger partial charge on any atom is -0.311 e. The molecule has 2 heteroatoms. The third-order valence-corrected chi connectivity index (χ3v) is 5.19. The van der Waals surface area contributed by atoms with Gasteiger partial charge in [0, 0.05) is 18.1 Å². The van der Waals surface area contributed by atoms with E-state index in [-0.39, 0.29) is 0 Å². The zero-order chi connectivity index (χ0) is 11.0. The Bertz CT molecular complexity index is 221. The fraction of sp³-hybridized carbons (Fsp3) is 1.00. The lowest BCUT2D eigenvalue weighted by molar-refractivity contribution is 0.0965. The highest BCUT2D eigenvalue weighted by Gasteiger charge is 2.36. The second-order valence-electron chi connectivity index (χ2n) is 6.15. The summed E-state index contributed by atoms with van der Waals surface area (Å²) in [5.41, 5.74) is 0. The van der Waals surface area contributed by atoms with Gasteiger partial charge < -0.3 is 10.2 Å². The molecule has 3 heterocycles. The largest absolute Gasteiger partial charge is 0.311 e. The molecule has 3 aliphatic heterocycles. The van der Waals surface area contributed by atoms with Gasteiger partial charge in [-0.1, -0.05) is 13.3 Å². The Hall–Kier alpha value is -0.0800. The van der Waals surface area contributed by atoms with Crippen molar-refractivity contribution in [3.05, 3.63) is 0 Å². The van der Waals surface area contributed by atoms with Crippen LogP contribution in [0.2, 0.25) is 0 Å². The molecule has 0 radical (unpaired) electrons. The van der Waals surface area contributed by atoms with E-state index in [4.69, 9.17) is 0 Å². The lowest BCUT2D eigenvalue weighted by Gasteiger charge is -2.41. The Morgan fingerprint density at radius 2 is 1.62 bits per heavy atom. The first-order valence-electron chi connectivity index (χ1n) is 7.35. The molecule has 2 unspecified atom stereocenters. The van der Waals surface area contributed by atoms with E-state index in [1.165, 1.54) is 58.0 Å². The number of rotatable bonds is 2. The summed E-state index contributed by atoms with van der Waals surface area (Å²) >= 11 is 0. The normalized spacial score (nSPS) is 41.4. The molecule has 16 heavy (non-hydrogen) atoms. The van der Waals surface area contributed by atoms with Gasteiger partial charge in [0.1, 0.15) is 0 Å². The highest BCUT2D eigenvalue weighted by Crippen LogP contribution is 2.32. The predicted octanol–water partition coefficient (Wildman–Crippen LogP) is 2.39. The average Bonchev–Trinajstić information content (AvgIpc) is 2.68. The van der Waals surface area contributed by atoms with Crippen molar-refractivity contribution in [2.24, 2.45) is 5.92 Å². The van der Waals surface area contributed by atoms with Gasteiger partial charge in [0.05, 0.1) is 0 Å². The maximum atomic E-state index is 3.75. The van der Waals surface area contributed by atoms with Crippen LogP contribution in [0.1, 0.15) is 51.9 Å². The molecule has 0 amide bonds. The van der Waals surface area contributed by atoms with E-state index in [1.807, 2.05) is 0 Å². The summed E-state index contributed by atoms with van der Waals surface area (Å²) in [6, 6.07) is 2.62. The lowest BCUT2D eigenvalue weighted by atomic mass is 9.90. The van der Waals surface area contributed by atoms with Crippen LogP contribution in [0.15, 0.2) is 0 Å². The van der Waals surface area contributed by atoms with Gasteiger partial charge in [-0.05, 0) is 57.5 Å². The molecule has 92 valence electrons. The van der Waals surface area contributed by atoms with Crippen LogP contribution in [-0.2, 0) is 0 Å². The van der Waals surface area contributed by atoms with E-state index in [0.29, 0.717) is 0 Å². The Labute approximate surface area is 99.8 Å². The van der Waals surface area contributed by atoms with Crippen molar-refractivity contribution in [3.8, 4) is 0 Å². The van der Waals surface area contributed by atoms with E-state index in [2.05, 4.69) is 17.1 Å². The highest BCUT2D eigenvalue weighted by molar-refractivity contribution is 4.96. The van der Waals surface area contributed by atoms with Crippen molar-refractivity contribution in [1.82, 2.24) is 10.2 Å². The Balaban J connectivity index is 1.54. The molecule has 3 fully saturated rings. The Morgan fingerprint density at radius 3 is 2.19 bits per heavy atom. The molecule has 0 spiro atoms. The molecule has 2 atom stereocenters. The molecule has 0 aromatic rings. The zero-order valence-corrected chi connectivity index (χ0v) is 10.6. The number of hydrogen-bond donors (Lipinski definition) is 1.